The van der Waals surface area contributed by atoms with Crippen LogP contribution in [0.3, 0.4) is 0 Å². The van der Waals surface area contributed by atoms with Gasteiger partial charge in [-0.15, -0.1) is 0 Å². The molecule has 1 unspecified atom stereocenters. The number of aromatic amines is 1. The van der Waals surface area contributed by atoms with Crippen molar-refractivity contribution in [1.82, 2.24) is 15.0 Å². The number of amides is 2. The highest BCUT2D eigenvalue weighted by molar-refractivity contribution is 5.92. The van der Waals surface area contributed by atoms with Crippen molar-refractivity contribution >= 4 is 22.8 Å². The van der Waals surface area contributed by atoms with E-state index in [1.165, 1.54) is 0 Å². The van der Waals surface area contributed by atoms with Crippen molar-refractivity contribution in [3.8, 4) is 0 Å². The molecule has 1 saturated heterocycles. The number of hydrogen-bond acceptors (Lipinski definition) is 5. The predicted molar refractivity (Wildman–Crippen MR) is 90.5 cm³/mol. The number of carbonyl (C=O) groups is 1. The lowest BCUT2D eigenvalue weighted by atomic mass is 10.0. The van der Waals surface area contributed by atoms with Gasteiger partial charge in [0.15, 0.2) is 5.58 Å². The van der Waals surface area contributed by atoms with Crippen LogP contribution < -0.4 is 11.1 Å². The third kappa shape index (κ3) is 2.69. The summed E-state index contributed by atoms with van der Waals surface area (Å²) in [5, 5.41) is 6.87. The second-order valence-corrected chi connectivity index (χ2v) is 6.24. The SMILES string of the molecule is Cc1noc(C)c1C1CCCN1C(=O)Nc1ccc2[nH]c(=O)oc2c1. The van der Waals surface area contributed by atoms with E-state index in [0.717, 1.165) is 29.9 Å². The van der Waals surface area contributed by atoms with Crippen LogP contribution in [0, 0.1) is 13.8 Å². The van der Waals surface area contributed by atoms with Gasteiger partial charge in [-0.05, 0) is 38.8 Å². The highest BCUT2D eigenvalue weighted by Crippen LogP contribution is 2.35. The van der Waals surface area contributed by atoms with E-state index in [1.807, 2.05) is 13.8 Å². The van der Waals surface area contributed by atoms with Gasteiger partial charge in [0.25, 0.3) is 0 Å². The molecule has 0 saturated carbocycles. The summed E-state index contributed by atoms with van der Waals surface area (Å²) in [6, 6.07) is 4.82. The van der Waals surface area contributed by atoms with E-state index in [2.05, 4.69) is 15.5 Å². The number of benzene rings is 1. The molecule has 2 amide bonds. The van der Waals surface area contributed by atoms with Gasteiger partial charge in [0.05, 0.1) is 17.3 Å². The summed E-state index contributed by atoms with van der Waals surface area (Å²) >= 11 is 0. The van der Waals surface area contributed by atoms with Crippen LogP contribution in [0.15, 0.2) is 31.9 Å². The van der Waals surface area contributed by atoms with Gasteiger partial charge < -0.3 is 19.2 Å². The highest BCUT2D eigenvalue weighted by Gasteiger charge is 2.33. The van der Waals surface area contributed by atoms with Crippen molar-refractivity contribution in [1.29, 1.82) is 0 Å². The van der Waals surface area contributed by atoms with E-state index in [9.17, 15) is 9.59 Å². The first-order chi connectivity index (χ1) is 12.0. The smallest absolute Gasteiger partial charge is 0.408 e. The number of aromatic nitrogens is 2. The third-order valence-electron chi connectivity index (χ3n) is 4.61. The first-order valence-corrected chi connectivity index (χ1v) is 8.16. The minimum Gasteiger partial charge on any atom is -0.408 e. The molecule has 8 nitrogen and oxygen atoms in total. The fraction of sp³-hybridized carbons (Fsp3) is 0.353. The standard InChI is InChI=1S/C17H18N4O4/c1-9-15(10(2)25-20-9)13-4-3-7-21(13)16(22)18-11-5-6-12-14(8-11)24-17(23)19-12/h5-6,8,13H,3-4,7H2,1-2H3,(H,18,22)(H,19,23). The van der Waals surface area contributed by atoms with E-state index in [1.54, 1.807) is 23.1 Å². The zero-order valence-corrected chi connectivity index (χ0v) is 14.0. The van der Waals surface area contributed by atoms with Gasteiger partial charge in [-0.2, -0.15) is 0 Å². The van der Waals surface area contributed by atoms with Crippen LogP contribution in [0.4, 0.5) is 10.5 Å². The Morgan fingerprint density at radius 3 is 3.00 bits per heavy atom. The summed E-state index contributed by atoms with van der Waals surface area (Å²) in [5.74, 6) is 0.231. The van der Waals surface area contributed by atoms with E-state index < -0.39 is 5.76 Å². The molecule has 25 heavy (non-hydrogen) atoms. The number of fused-ring (bicyclic) bond motifs is 1. The normalized spacial score (nSPS) is 17.4. The van der Waals surface area contributed by atoms with Crippen LogP contribution in [0.2, 0.25) is 0 Å². The number of likely N-dealkylation sites (tertiary alicyclic amines) is 1. The van der Waals surface area contributed by atoms with Gasteiger partial charge in [0, 0.05) is 23.9 Å². The molecule has 1 aliphatic heterocycles. The highest BCUT2D eigenvalue weighted by atomic mass is 16.5. The summed E-state index contributed by atoms with van der Waals surface area (Å²) in [7, 11) is 0. The molecular formula is C17H18N4O4. The van der Waals surface area contributed by atoms with E-state index in [4.69, 9.17) is 8.94 Å². The minimum atomic E-state index is -0.517. The summed E-state index contributed by atoms with van der Waals surface area (Å²) < 4.78 is 10.3. The maximum Gasteiger partial charge on any atom is 0.417 e. The lowest BCUT2D eigenvalue weighted by Crippen LogP contribution is -2.34. The quantitative estimate of drug-likeness (QED) is 0.744. The largest absolute Gasteiger partial charge is 0.417 e. The lowest BCUT2D eigenvalue weighted by Gasteiger charge is -2.25. The van der Waals surface area contributed by atoms with Gasteiger partial charge in [-0.25, -0.2) is 9.59 Å². The first kappa shape index (κ1) is 15.5. The topological polar surface area (TPSA) is 104 Å². The van der Waals surface area contributed by atoms with Gasteiger partial charge in [0.1, 0.15) is 5.76 Å². The molecule has 2 N–H and O–H groups in total. The second kappa shape index (κ2) is 5.80. The number of aryl methyl sites for hydroxylation is 2. The number of carbonyl (C=O) groups excluding carboxylic acids is 1. The van der Waals surface area contributed by atoms with Crippen LogP contribution in [-0.4, -0.2) is 27.6 Å². The number of oxazole rings is 1. The summed E-state index contributed by atoms with van der Waals surface area (Å²) in [6.45, 7) is 4.43. The van der Waals surface area contributed by atoms with Crippen LogP contribution in [0.25, 0.3) is 11.1 Å². The van der Waals surface area contributed by atoms with Crippen molar-refractivity contribution in [2.24, 2.45) is 0 Å². The van der Waals surface area contributed by atoms with Crippen molar-refractivity contribution in [3.05, 3.63) is 45.8 Å². The van der Waals surface area contributed by atoms with Gasteiger partial charge in [-0.1, -0.05) is 5.16 Å². The van der Waals surface area contributed by atoms with Gasteiger partial charge in [-0.3, -0.25) is 4.98 Å². The maximum absolute atomic E-state index is 12.7. The Bertz CT molecular complexity index is 980. The van der Waals surface area contributed by atoms with Crippen LogP contribution >= 0.6 is 0 Å². The molecule has 0 radical (unpaired) electrons. The summed E-state index contributed by atoms with van der Waals surface area (Å²) in [4.78, 5) is 28.4. The van der Waals surface area contributed by atoms with Crippen molar-refractivity contribution in [3.63, 3.8) is 0 Å². The molecule has 0 bridgehead atoms. The minimum absolute atomic E-state index is 0.0415. The average molecular weight is 342 g/mol. The Balaban J connectivity index is 1.57. The second-order valence-electron chi connectivity index (χ2n) is 6.24. The number of nitrogens with one attached hydrogen (secondary N) is 2. The summed E-state index contributed by atoms with van der Waals surface area (Å²) in [6.07, 6.45) is 1.80. The predicted octanol–water partition coefficient (Wildman–Crippen LogP) is 3.09. The number of hydrogen-bond donors (Lipinski definition) is 2. The van der Waals surface area contributed by atoms with E-state index in [0.29, 0.717) is 23.3 Å². The molecule has 3 aromatic rings. The molecule has 1 aliphatic rings. The molecule has 8 heteroatoms. The molecule has 0 spiro atoms. The molecule has 0 aliphatic carbocycles. The summed E-state index contributed by atoms with van der Waals surface area (Å²) in [5.41, 5.74) is 3.38. The molecule has 1 atom stereocenters. The number of nitrogens with zero attached hydrogens (tertiary/aromatic N) is 2. The number of H-pyrrole nitrogens is 1. The zero-order valence-electron chi connectivity index (χ0n) is 14.0. The Morgan fingerprint density at radius 1 is 1.40 bits per heavy atom. The van der Waals surface area contributed by atoms with Crippen LogP contribution in [0.5, 0.6) is 0 Å². The molecule has 3 heterocycles. The zero-order chi connectivity index (χ0) is 17.6. The third-order valence-corrected chi connectivity index (χ3v) is 4.61. The Hall–Kier alpha value is -3.03. The maximum atomic E-state index is 12.7. The lowest BCUT2D eigenvalue weighted by molar-refractivity contribution is 0.206. The van der Waals surface area contributed by atoms with E-state index in [-0.39, 0.29) is 12.1 Å². The van der Waals surface area contributed by atoms with Gasteiger partial charge in [0.2, 0.25) is 0 Å². The number of rotatable bonds is 2. The van der Waals surface area contributed by atoms with Crippen molar-refractivity contribution in [2.45, 2.75) is 32.7 Å². The Labute approximate surface area is 142 Å². The Morgan fingerprint density at radius 2 is 2.24 bits per heavy atom. The van der Waals surface area contributed by atoms with Crippen molar-refractivity contribution in [2.75, 3.05) is 11.9 Å². The van der Waals surface area contributed by atoms with Crippen LogP contribution in [-0.2, 0) is 0 Å². The molecule has 2 aromatic heterocycles. The van der Waals surface area contributed by atoms with E-state index >= 15 is 0 Å². The fourth-order valence-electron chi connectivity index (χ4n) is 3.49. The number of urea groups is 1. The molecule has 1 aromatic carbocycles. The molecule has 4 rings (SSSR count). The van der Waals surface area contributed by atoms with Crippen LogP contribution in [0.1, 0.15) is 35.9 Å². The fourth-order valence-corrected chi connectivity index (χ4v) is 3.49. The molecule has 130 valence electrons. The molecule has 1 fully saturated rings. The number of anilines is 1. The van der Waals surface area contributed by atoms with Crippen molar-refractivity contribution < 1.29 is 13.7 Å². The molecular weight excluding hydrogens is 324 g/mol. The Kier molecular flexibility index (Phi) is 3.60. The van der Waals surface area contributed by atoms with Gasteiger partial charge >= 0.3 is 11.8 Å². The monoisotopic (exact) mass is 342 g/mol. The first-order valence-electron chi connectivity index (χ1n) is 8.16. The average Bonchev–Trinajstić information content (AvgIpc) is 3.25.